The van der Waals surface area contributed by atoms with E-state index in [1.807, 2.05) is 37.3 Å². The Labute approximate surface area is 146 Å². The molecule has 0 bridgehead atoms. The zero-order chi connectivity index (χ0) is 17.6. The van der Waals surface area contributed by atoms with Crippen molar-refractivity contribution in [1.29, 1.82) is 0 Å². The molecule has 0 unspecified atom stereocenters. The van der Waals surface area contributed by atoms with Gasteiger partial charge in [0.2, 0.25) is 0 Å². The first kappa shape index (κ1) is 16.8. The summed E-state index contributed by atoms with van der Waals surface area (Å²) in [5.74, 6) is 0.378. The van der Waals surface area contributed by atoms with Crippen LogP contribution in [0.3, 0.4) is 0 Å². The molecule has 1 aliphatic rings. The molecule has 0 saturated heterocycles. The zero-order valence-electron chi connectivity index (χ0n) is 14.1. The fraction of sp³-hybridized carbons (Fsp3) is 0.263. The Balaban J connectivity index is 1.64. The summed E-state index contributed by atoms with van der Waals surface area (Å²) < 4.78 is 5.45. The SMILES string of the molecule is CCN(C(=O)Oc1cccc(NC(=O)NC2CC2)c1)c1ccccc1. The lowest BCUT2D eigenvalue weighted by Crippen LogP contribution is -2.33. The first-order chi connectivity index (χ1) is 12.2. The Morgan fingerprint density at radius 1 is 1.12 bits per heavy atom. The standard InChI is InChI=1S/C19H21N3O3/c1-2-22(16-8-4-3-5-9-16)19(24)25-17-10-6-7-15(13-17)21-18(23)20-14-11-12-14/h3-10,13-14H,2,11-12H2,1H3,(H2,20,21,23). The van der Waals surface area contributed by atoms with Gasteiger partial charge < -0.3 is 15.4 Å². The summed E-state index contributed by atoms with van der Waals surface area (Å²) in [5.41, 5.74) is 1.35. The zero-order valence-corrected chi connectivity index (χ0v) is 14.1. The number of urea groups is 1. The molecule has 0 spiro atoms. The monoisotopic (exact) mass is 339 g/mol. The predicted octanol–water partition coefficient (Wildman–Crippen LogP) is 4.00. The lowest BCUT2D eigenvalue weighted by Gasteiger charge is -2.20. The van der Waals surface area contributed by atoms with Gasteiger partial charge in [-0.3, -0.25) is 4.90 Å². The maximum Gasteiger partial charge on any atom is 0.419 e. The lowest BCUT2D eigenvalue weighted by molar-refractivity contribution is 0.208. The second-order valence-corrected chi connectivity index (χ2v) is 5.85. The Bertz CT molecular complexity index is 745. The third-order valence-electron chi connectivity index (χ3n) is 3.81. The maximum atomic E-state index is 12.4. The summed E-state index contributed by atoms with van der Waals surface area (Å²) in [7, 11) is 0. The number of anilines is 2. The van der Waals surface area contributed by atoms with Crippen LogP contribution in [-0.2, 0) is 0 Å². The number of carbonyl (C=O) groups is 2. The van der Waals surface area contributed by atoms with E-state index < -0.39 is 6.09 Å². The van der Waals surface area contributed by atoms with Crippen molar-refractivity contribution in [3.8, 4) is 5.75 Å². The van der Waals surface area contributed by atoms with E-state index in [0.29, 0.717) is 18.0 Å². The van der Waals surface area contributed by atoms with Crippen LogP contribution < -0.4 is 20.3 Å². The van der Waals surface area contributed by atoms with Crippen molar-refractivity contribution >= 4 is 23.5 Å². The Morgan fingerprint density at radius 3 is 2.56 bits per heavy atom. The lowest BCUT2D eigenvalue weighted by atomic mass is 10.3. The van der Waals surface area contributed by atoms with Crippen LogP contribution in [-0.4, -0.2) is 24.7 Å². The number of para-hydroxylation sites is 1. The average molecular weight is 339 g/mol. The number of amides is 3. The smallest absolute Gasteiger partial charge is 0.410 e. The van der Waals surface area contributed by atoms with Gasteiger partial charge in [-0.1, -0.05) is 24.3 Å². The summed E-state index contributed by atoms with van der Waals surface area (Å²) in [5, 5.41) is 5.59. The summed E-state index contributed by atoms with van der Waals surface area (Å²) in [6.45, 7) is 2.37. The van der Waals surface area contributed by atoms with Gasteiger partial charge in [0.1, 0.15) is 5.75 Å². The van der Waals surface area contributed by atoms with E-state index in [9.17, 15) is 9.59 Å². The fourth-order valence-electron chi connectivity index (χ4n) is 2.40. The third kappa shape index (κ3) is 4.73. The summed E-state index contributed by atoms with van der Waals surface area (Å²) >= 11 is 0. The van der Waals surface area contributed by atoms with Gasteiger partial charge in [0.05, 0.1) is 0 Å². The number of nitrogens with zero attached hydrogens (tertiary/aromatic N) is 1. The number of carbonyl (C=O) groups excluding carboxylic acids is 2. The molecule has 0 aromatic heterocycles. The molecule has 6 heteroatoms. The fourth-order valence-corrected chi connectivity index (χ4v) is 2.40. The van der Waals surface area contributed by atoms with Crippen molar-refractivity contribution in [2.75, 3.05) is 16.8 Å². The number of hydrogen-bond donors (Lipinski definition) is 2. The molecule has 6 nitrogen and oxygen atoms in total. The molecule has 1 fully saturated rings. The highest BCUT2D eigenvalue weighted by molar-refractivity contribution is 5.91. The molecule has 2 aromatic rings. The molecule has 0 atom stereocenters. The van der Waals surface area contributed by atoms with Crippen LogP contribution in [0.15, 0.2) is 54.6 Å². The van der Waals surface area contributed by atoms with E-state index in [0.717, 1.165) is 18.5 Å². The van der Waals surface area contributed by atoms with Crippen molar-refractivity contribution in [3.05, 3.63) is 54.6 Å². The molecule has 130 valence electrons. The third-order valence-corrected chi connectivity index (χ3v) is 3.81. The Hall–Kier alpha value is -3.02. The molecule has 25 heavy (non-hydrogen) atoms. The minimum Gasteiger partial charge on any atom is -0.410 e. The highest BCUT2D eigenvalue weighted by atomic mass is 16.6. The van der Waals surface area contributed by atoms with E-state index in [4.69, 9.17) is 4.74 Å². The number of benzene rings is 2. The van der Waals surface area contributed by atoms with Crippen molar-refractivity contribution in [3.63, 3.8) is 0 Å². The second kappa shape index (κ2) is 7.70. The second-order valence-electron chi connectivity index (χ2n) is 5.85. The number of rotatable bonds is 5. The Morgan fingerprint density at radius 2 is 1.88 bits per heavy atom. The molecular formula is C19H21N3O3. The maximum absolute atomic E-state index is 12.4. The van der Waals surface area contributed by atoms with Gasteiger partial charge >= 0.3 is 12.1 Å². The number of nitrogens with one attached hydrogen (secondary N) is 2. The van der Waals surface area contributed by atoms with Crippen LogP contribution in [0.4, 0.5) is 21.0 Å². The van der Waals surface area contributed by atoms with Gasteiger partial charge in [-0.05, 0) is 44.0 Å². The van der Waals surface area contributed by atoms with Crippen LogP contribution in [0.1, 0.15) is 19.8 Å². The summed E-state index contributed by atoms with van der Waals surface area (Å²) in [4.78, 5) is 25.8. The van der Waals surface area contributed by atoms with E-state index in [-0.39, 0.29) is 12.1 Å². The average Bonchev–Trinajstić information content (AvgIpc) is 3.40. The first-order valence-corrected chi connectivity index (χ1v) is 8.37. The van der Waals surface area contributed by atoms with Crippen molar-refractivity contribution in [2.45, 2.75) is 25.8 Å². The topological polar surface area (TPSA) is 70.7 Å². The molecular weight excluding hydrogens is 318 g/mol. The van der Waals surface area contributed by atoms with Crippen LogP contribution in [0.2, 0.25) is 0 Å². The molecule has 3 amide bonds. The normalized spacial score (nSPS) is 13.0. The molecule has 1 aliphatic carbocycles. The highest BCUT2D eigenvalue weighted by Crippen LogP contribution is 2.21. The van der Waals surface area contributed by atoms with E-state index >= 15 is 0 Å². The van der Waals surface area contributed by atoms with Crippen molar-refractivity contribution in [1.82, 2.24) is 5.32 Å². The number of hydrogen-bond acceptors (Lipinski definition) is 3. The van der Waals surface area contributed by atoms with Crippen molar-refractivity contribution < 1.29 is 14.3 Å². The van der Waals surface area contributed by atoms with Crippen LogP contribution >= 0.6 is 0 Å². The minimum absolute atomic E-state index is 0.245. The van der Waals surface area contributed by atoms with Gasteiger partial charge in [0.25, 0.3) is 0 Å². The van der Waals surface area contributed by atoms with Gasteiger partial charge in [-0.25, -0.2) is 9.59 Å². The van der Waals surface area contributed by atoms with Crippen molar-refractivity contribution in [2.24, 2.45) is 0 Å². The molecule has 1 saturated carbocycles. The molecule has 0 aliphatic heterocycles. The van der Waals surface area contributed by atoms with Gasteiger partial charge in [0, 0.05) is 30.0 Å². The van der Waals surface area contributed by atoms with Gasteiger partial charge in [-0.2, -0.15) is 0 Å². The van der Waals surface area contributed by atoms with Gasteiger partial charge in [0.15, 0.2) is 0 Å². The van der Waals surface area contributed by atoms with Crippen LogP contribution in [0.5, 0.6) is 5.75 Å². The predicted molar refractivity (Wildman–Crippen MR) is 97.1 cm³/mol. The van der Waals surface area contributed by atoms with Crippen LogP contribution in [0.25, 0.3) is 0 Å². The van der Waals surface area contributed by atoms with E-state index in [1.165, 1.54) is 0 Å². The summed E-state index contributed by atoms with van der Waals surface area (Å²) in [6, 6.07) is 16.2. The molecule has 0 radical (unpaired) electrons. The van der Waals surface area contributed by atoms with Gasteiger partial charge in [-0.15, -0.1) is 0 Å². The molecule has 3 rings (SSSR count). The molecule has 2 aromatic carbocycles. The number of ether oxygens (including phenoxy) is 1. The minimum atomic E-state index is -0.465. The van der Waals surface area contributed by atoms with Crippen LogP contribution in [0, 0.1) is 0 Å². The molecule has 2 N–H and O–H groups in total. The first-order valence-electron chi connectivity index (χ1n) is 8.37. The summed E-state index contributed by atoms with van der Waals surface area (Å²) in [6.07, 6.45) is 1.59. The Kier molecular flexibility index (Phi) is 5.18. The van der Waals surface area contributed by atoms with E-state index in [1.54, 1.807) is 29.2 Å². The largest absolute Gasteiger partial charge is 0.419 e. The van der Waals surface area contributed by atoms with E-state index in [2.05, 4.69) is 10.6 Å². The quantitative estimate of drug-likeness (QED) is 0.865. The molecule has 0 heterocycles. The highest BCUT2D eigenvalue weighted by Gasteiger charge is 2.23.